The van der Waals surface area contributed by atoms with Crippen LogP contribution in [0.25, 0.3) is 22.6 Å². The topological polar surface area (TPSA) is 56.7 Å². The number of hydrogen-bond donors (Lipinski definition) is 1. The maximum absolute atomic E-state index is 6.03. The first-order valence-electron chi connectivity index (χ1n) is 7.19. The van der Waals surface area contributed by atoms with Crippen LogP contribution in [0.5, 0.6) is 0 Å². The van der Waals surface area contributed by atoms with Crippen molar-refractivity contribution in [3.05, 3.63) is 41.6 Å². The van der Waals surface area contributed by atoms with Crippen molar-refractivity contribution in [1.29, 1.82) is 0 Å². The number of nitrogen functional groups attached to an aromatic ring is 1. The summed E-state index contributed by atoms with van der Waals surface area (Å²) in [6.45, 7) is 8.49. The molecule has 0 aliphatic carbocycles. The molecule has 108 valence electrons. The number of hydrogen-bond acceptors (Lipinski definition) is 3. The van der Waals surface area contributed by atoms with E-state index >= 15 is 0 Å². The first-order valence-corrected chi connectivity index (χ1v) is 7.19. The summed E-state index contributed by atoms with van der Waals surface area (Å²) in [5, 5.41) is 0. The fourth-order valence-corrected chi connectivity index (χ4v) is 2.73. The predicted octanol–water partition coefficient (Wildman–Crippen LogP) is 3.88. The van der Waals surface area contributed by atoms with Crippen molar-refractivity contribution in [1.82, 2.24) is 14.5 Å². The van der Waals surface area contributed by atoms with E-state index < -0.39 is 0 Å². The highest BCUT2D eigenvalue weighted by Gasteiger charge is 2.18. The van der Waals surface area contributed by atoms with E-state index in [1.54, 1.807) is 0 Å². The number of rotatable bonds is 2. The molecule has 4 heteroatoms. The second kappa shape index (κ2) is 4.88. The third kappa shape index (κ3) is 2.17. The van der Waals surface area contributed by atoms with E-state index in [0.29, 0.717) is 0 Å². The average molecular weight is 280 g/mol. The number of aromatic nitrogens is 3. The normalized spacial score (nSPS) is 11.5. The number of nitrogens with zero attached hydrogens (tertiary/aromatic N) is 3. The summed E-state index contributed by atoms with van der Waals surface area (Å²) in [4.78, 5) is 9.28. The van der Waals surface area contributed by atoms with E-state index in [0.717, 1.165) is 28.2 Å². The fourth-order valence-electron chi connectivity index (χ4n) is 2.73. The number of benzene rings is 1. The number of fused-ring (bicyclic) bond motifs is 1. The van der Waals surface area contributed by atoms with Gasteiger partial charge in [0, 0.05) is 23.5 Å². The molecule has 4 nitrogen and oxygen atoms in total. The quantitative estimate of drug-likeness (QED) is 0.725. The third-order valence-corrected chi connectivity index (χ3v) is 3.90. The molecule has 0 spiro atoms. The highest BCUT2D eigenvalue weighted by atomic mass is 15.1. The van der Waals surface area contributed by atoms with Crippen molar-refractivity contribution in [3.8, 4) is 11.4 Å². The summed E-state index contributed by atoms with van der Waals surface area (Å²) in [5.41, 5.74) is 12.1. The molecule has 21 heavy (non-hydrogen) atoms. The zero-order valence-electron chi connectivity index (χ0n) is 12.9. The predicted molar refractivity (Wildman–Crippen MR) is 87.2 cm³/mol. The number of imidazole rings is 1. The zero-order chi connectivity index (χ0) is 15.1. The number of aryl methyl sites for hydroxylation is 1. The van der Waals surface area contributed by atoms with Gasteiger partial charge in [-0.3, -0.25) is 0 Å². The minimum atomic E-state index is 0.279. The van der Waals surface area contributed by atoms with Gasteiger partial charge in [0.2, 0.25) is 0 Å². The largest absolute Gasteiger partial charge is 0.399 e. The van der Waals surface area contributed by atoms with Gasteiger partial charge >= 0.3 is 0 Å². The molecule has 2 aromatic heterocycles. The van der Waals surface area contributed by atoms with E-state index in [9.17, 15) is 0 Å². The first kappa shape index (κ1) is 13.6. The second-order valence-electron chi connectivity index (χ2n) is 5.76. The summed E-state index contributed by atoms with van der Waals surface area (Å²) in [7, 11) is 0. The van der Waals surface area contributed by atoms with E-state index in [2.05, 4.69) is 37.2 Å². The molecule has 0 aliphatic heterocycles. The summed E-state index contributed by atoms with van der Waals surface area (Å²) in [6.07, 6.45) is 1.81. The van der Waals surface area contributed by atoms with Crippen molar-refractivity contribution in [2.24, 2.45) is 0 Å². The molecule has 3 rings (SSSR count). The molecule has 0 atom stereocenters. The number of anilines is 1. The van der Waals surface area contributed by atoms with Gasteiger partial charge in [0.05, 0.1) is 0 Å². The SMILES string of the molecule is Cc1cc(N)cc(-c2nc3cccnc3n2C(C)C)c1C. The molecule has 2 N–H and O–H groups in total. The van der Waals surface area contributed by atoms with Crippen LogP contribution < -0.4 is 5.73 Å². The molecule has 0 radical (unpaired) electrons. The van der Waals surface area contributed by atoms with Crippen LogP contribution in [0, 0.1) is 13.8 Å². The monoisotopic (exact) mass is 280 g/mol. The van der Waals surface area contributed by atoms with Crippen LogP contribution in [-0.4, -0.2) is 14.5 Å². The zero-order valence-corrected chi connectivity index (χ0v) is 12.9. The van der Waals surface area contributed by atoms with Crippen molar-refractivity contribution in [2.45, 2.75) is 33.7 Å². The van der Waals surface area contributed by atoms with E-state index in [-0.39, 0.29) is 6.04 Å². The van der Waals surface area contributed by atoms with E-state index in [4.69, 9.17) is 10.7 Å². The van der Waals surface area contributed by atoms with Crippen LogP contribution in [0.1, 0.15) is 31.0 Å². The Hall–Kier alpha value is -2.36. The van der Waals surface area contributed by atoms with Gasteiger partial charge in [-0.2, -0.15) is 0 Å². The van der Waals surface area contributed by atoms with Gasteiger partial charge in [0.15, 0.2) is 5.65 Å². The molecule has 0 bridgehead atoms. The smallest absolute Gasteiger partial charge is 0.160 e. The molecule has 0 saturated carbocycles. The molecule has 0 saturated heterocycles. The van der Waals surface area contributed by atoms with Gasteiger partial charge in [-0.25, -0.2) is 9.97 Å². The molecule has 3 aromatic rings. The fraction of sp³-hybridized carbons (Fsp3) is 0.294. The van der Waals surface area contributed by atoms with Crippen LogP contribution in [0.3, 0.4) is 0 Å². The highest BCUT2D eigenvalue weighted by Crippen LogP contribution is 2.32. The van der Waals surface area contributed by atoms with Gasteiger partial charge in [0.25, 0.3) is 0 Å². The molecule has 0 fully saturated rings. The van der Waals surface area contributed by atoms with Gasteiger partial charge in [-0.1, -0.05) is 0 Å². The third-order valence-electron chi connectivity index (χ3n) is 3.90. The lowest BCUT2D eigenvalue weighted by atomic mass is 10.0. The minimum absolute atomic E-state index is 0.279. The summed E-state index contributed by atoms with van der Waals surface area (Å²) < 4.78 is 2.18. The molecule has 2 heterocycles. The van der Waals surface area contributed by atoms with E-state index in [1.165, 1.54) is 11.1 Å². The first-order chi connectivity index (χ1) is 9.99. The van der Waals surface area contributed by atoms with Crippen LogP contribution in [0.2, 0.25) is 0 Å². The van der Waals surface area contributed by atoms with Crippen molar-refractivity contribution in [2.75, 3.05) is 5.73 Å². The summed E-state index contributed by atoms with van der Waals surface area (Å²) in [6, 6.07) is 8.20. The van der Waals surface area contributed by atoms with Crippen LogP contribution >= 0.6 is 0 Å². The summed E-state index contributed by atoms with van der Waals surface area (Å²) >= 11 is 0. The van der Waals surface area contributed by atoms with Gasteiger partial charge in [-0.05, 0) is 63.1 Å². The Morgan fingerprint density at radius 2 is 1.95 bits per heavy atom. The second-order valence-corrected chi connectivity index (χ2v) is 5.76. The molecular formula is C17H20N4. The minimum Gasteiger partial charge on any atom is -0.399 e. The van der Waals surface area contributed by atoms with E-state index in [1.807, 2.05) is 30.5 Å². The van der Waals surface area contributed by atoms with Crippen LogP contribution in [-0.2, 0) is 0 Å². The molecule has 1 aromatic carbocycles. The lowest BCUT2D eigenvalue weighted by Crippen LogP contribution is -2.05. The Morgan fingerprint density at radius 3 is 2.67 bits per heavy atom. The highest BCUT2D eigenvalue weighted by molar-refractivity contribution is 5.79. The Morgan fingerprint density at radius 1 is 1.19 bits per heavy atom. The average Bonchev–Trinajstić information content (AvgIpc) is 2.82. The maximum atomic E-state index is 6.03. The Labute approximate surface area is 124 Å². The number of nitrogens with two attached hydrogens (primary N) is 1. The Kier molecular flexibility index (Phi) is 3.16. The van der Waals surface area contributed by atoms with Gasteiger partial charge < -0.3 is 10.3 Å². The standard InChI is InChI=1S/C17H20N4/c1-10(2)21-16(20-15-6-5-7-19-17(15)21)14-9-13(18)8-11(3)12(14)4/h5-10H,18H2,1-4H3. The Balaban J connectivity index is 2.38. The molecule has 0 aliphatic rings. The lowest BCUT2D eigenvalue weighted by molar-refractivity contribution is 0.619. The van der Waals surface area contributed by atoms with Crippen LogP contribution in [0.4, 0.5) is 5.69 Å². The summed E-state index contributed by atoms with van der Waals surface area (Å²) in [5.74, 6) is 0.937. The van der Waals surface area contributed by atoms with Crippen molar-refractivity contribution in [3.63, 3.8) is 0 Å². The van der Waals surface area contributed by atoms with Crippen LogP contribution in [0.15, 0.2) is 30.5 Å². The molecule has 0 amide bonds. The molecular weight excluding hydrogens is 260 g/mol. The lowest BCUT2D eigenvalue weighted by Gasteiger charge is -2.15. The Bertz CT molecular complexity index is 815. The maximum Gasteiger partial charge on any atom is 0.160 e. The van der Waals surface area contributed by atoms with Crippen molar-refractivity contribution < 1.29 is 0 Å². The van der Waals surface area contributed by atoms with Gasteiger partial charge in [0.1, 0.15) is 11.3 Å². The number of pyridine rings is 1. The van der Waals surface area contributed by atoms with Crippen molar-refractivity contribution >= 4 is 16.9 Å². The molecule has 0 unspecified atom stereocenters. The van der Waals surface area contributed by atoms with Gasteiger partial charge in [-0.15, -0.1) is 0 Å².